The molecule has 1 aliphatic heterocycles. The number of aromatic nitrogens is 2. The second kappa shape index (κ2) is 5.72. The van der Waals surface area contributed by atoms with Crippen LogP contribution in [0.25, 0.3) is 0 Å². The molecule has 1 aliphatic rings. The Morgan fingerprint density at radius 3 is 2.78 bits per heavy atom. The van der Waals surface area contributed by atoms with E-state index in [0.717, 1.165) is 31.7 Å². The van der Waals surface area contributed by atoms with Gasteiger partial charge in [0.1, 0.15) is 0 Å². The van der Waals surface area contributed by atoms with Gasteiger partial charge in [-0.3, -0.25) is 9.58 Å². The third-order valence-electron chi connectivity index (χ3n) is 3.98. The highest BCUT2D eigenvalue weighted by atomic mass is 79.9. The van der Waals surface area contributed by atoms with Gasteiger partial charge in [-0.05, 0) is 41.2 Å². The molecular formula is C13H23BrN4. The summed E-state index contributed by atoms with van der Waals surface area (Å²) < 4.78 is 3.16. The third-order valence-corrected chi connectivity index (χ3v) is 4.89. The Hall–Kier alpha value is -0.390. The molecule has 102 valence electrons. The Morgan fingerprint density at radius 2 is 2.22 bits per heavy atom. The van der Waals surface area contributed by atoms with Crippen molar-refractivity contribution >= 4 is 15.9 Å². The van der Waals surface area contributed by atoms with Gasteiger partial charge in [0.05, 0.1) is 15.9 Å². The van der Waals surface area contributed by atoms with E-state index in [-0.39, 0.29) is 0 Å². The molecule has 1 saturated heterocycles. The molecule has 4 nitrogen and oxygen atoms in total. The summed E-state index contributed by atoms with van der Waals surface area (Å²) in [4.78, 5) is 2.44. The maximum Gasteiger partial charge on any atom is 0.0767 e. The molecule has 2 unspecified atom stereocenters. The molecule has 18 heavy (non-hydrogen) atoms. The van der Waals surface area contributed by atoms with Crippen molar-refractivity contribution in [2.75, 3.05) is 13.1 Å². The molecule has 1 aromatic heterocycles. The molecule has 0 aliphatic carbocycles. The van der Waals surface area contributed by atoms with Crippen molar-refractivity contribution in [3.05, 3.63) is 15.9 Å². The first-order valence-corrected chi connectivity index (χ1v) is 7.50. The van der Waals surface area contributed by atoms with E-state index in [0.29, 0.717) is 12.0 Å². The zero-order valence-corrected chi connectivity index (χ0v) is 13.1. The number of halogens is 1. The van der Waals surface area contributed by atoms with Gasteiger partial charge in [0.25, 0.3) is 0 Å². The standard InChI is InChI=1S/C13H23BrN4/c1-4-11-13(14)12(17(3)16-11)8-18-6-5-9(2)10(15)7-18/h9-10H,4-8,15H2,1-3H3. The van der Waals surface area contributed by atoms with Crippen molar-refractivity contribution in [3.8, 4) is 0 Å². The maximum absolute atomic E-state index is 6.15. The molecule has 0 saturated carbocycles. The van der Waals surface area contributed by atoms with Crippen molar-refractivity contribution in [2.45, 2.75) is 39.3 Å². The number of nitrogens with zero attached hydrogens (tertiary/aromatic N) is 3. The van der Waals surface area contributed by atoms with Gasteiger partial charge in [-0.2, -0.15) is 5.10 Å². The Balaban J connectivity index is 2.08. The van der Waals surface area contributed by atoms with Crippen LogP contribution < -0.4 is 5.73 Å². The van der Waals surface area contributed by atoms with Crippen LogP contribution in [0.15, 0.2) is 4.47 Å². The van der Waals surface area contributed by atoms with E-state index in [4.69, 9.17) is 5.73 Å². The third kappa shape index (κ3) is 2.78. The Kier molecular flexibility index (Phi) is 4.45. The summed E-state index contributed by atoms with van der Waals surface area (Å²) in [7, 11) is 2.02. The summed E-state index contributed by atoms with van der Waals surface area (Å²) in [6, 6.07) is 0.302. The fourth-order valence-corrected chi connectivity index (χ4v) is 3.26. The molecule has 2 atom stereocenters. The van der Waals surface area contributed by atoms with Gasteiger partial charge in [-0.25, -0.2) is 0 Å². The number of aryl methyl sites for hydroxylation is 2. The summed E-state index contributed by atoms with van der Waals surface area (Å²) in [6.07, 6.45) is 2.16. The second-order valence-electron chi connectivity index (χ2n) is 5.35. The van der Waals surface area contributed by atoms with E-state index in [1.54, 1.807) is 0 Å². The molecule has 0 aromatic carbocycles. The van der Waals surface area contributed by atoms with Crippen LogP contribution in [0.1, 0.15) is 31.7 Å². The lowest BCUT2D eigenvalue weighted by atomic mass is 9.94. The minimum absolute atomic E-state index is 0.302. The predicted molar refractivity (Wildman–Crippen MR) is 77.3 cm³/mol. The molecule has 0 radical (unpaired) electrons. The van der Waals surface area contributed by atoms with E-state index in [1.165, 1.54) is 16.6 Å². The molecule has 2 heterocycles. The highest BCUT2D eigenvalue weighted by Crippen LogP contribution is 2.24. The molecule has 0 amide bonds. The van der Waals surface area contributed by atoms with E-state index in [1.807, 2.05) is 11.7 Å². The van der Waals surface area contributed by atoms with Crippen LogP contribution >= 0.6 is 15.9 Å². The van der Waals surface area contributed by atoms with Crippen LogP contribution in [0.4, 0.5) is 0 Å². The molecular weight excluding hydrogens is 292 g/mol. The lowest BCUT2D eigenvalue weighted by Gasteiger charge is -2.35. The Bertz CT molecular complexity index is 415. The molecule has 0 spiro atoms. The molecule has 2 rings (SSSR count). The zero-order chi connectivity index (χ0) is 13.3. The van der Waals surface area contributed by atoms with E-state index >= 15 is 0 Å². The van der Waals surface area contributed by atoms with Crippen LogP contribution in [0.3, 0.4) is 0 Å². The minimum atomic E-state index is 0.302. The molecule has 1 fully saturated rings. The van der Waals surface area contributed by atoms with Crippen molar-refractivity contribution in [3.63, 3.8) is 0 Å². The molecule has 0 bridgehead atoms. The normalized spacial score (nSPS) is 25.6. The van der Waals surface area contributed by atoms with Gasteiger partial charge in [-0.15, -0.1) is 0 Å². The van der Waals surface area contributed by atoms with Gasteiger partial charge >= 0.3 is 0 Å². The lowest BCUT2D eigenvalue weighted by molar-refractivity contribution is 0.159. The first kappa shape index (κ1) is 14.0. The smallest absolute Gasteiger partial charge is 0.0767 e. The average molecular weight is 315 g/mol. The number of piperidine rings is 1. The fourth-order valence-electron chi connectivity index (χ4n) is 2.52. The highest BCUT2D eigenvalue weighted by Gasteiger charge is 2.24. The minimum Gasteiger partial charge on any atom is -0.326 e. The number of hydrogen-bond donors (Lipinski definition) is 1. The second-order valence-corrected chi connectivity index (χ2v) is 6.14. The SMILES string of the molecule is CCc1nn(C)c(CN2CCC(C)C(N)C2)c1Br. The molecule has 1 aromatic rings. The number of hydrogen-bond acceptors (Lipinski definition) is 3. The topological polar surface area (TPSA) is 47.1 Å². The van der Waals surface area contributed by atoms with Crippen molar-refractivity contribution < 1.29 is 0 Å². The lowest BCUT2D eigenvalue weighted by Crippen LogP contribution is -2.47. The molecule has 5 heteroatoms. The number of nitrogens with two attached hydrogens (primary N) is 1. The first-order chi connectivity index (χ1) is 8.52. The highest BCUT2D eigenvalue weighted by molar-refractivity contribution is 9.10. The van der Waals surface area contributed by atoms with Crippen LogP contribution in [0, 0.1) is 5.92 Å². The Morgan fingerprint density at radius 1 is 1.50 bits per heavy atom. The quantitative estimate of drug-likeness (QED) is 0.927. The molecule has 2 N–H and O–H groups in total. The maximum atomic E-state index is 6.15. The summed E-state index contributed by atoms with van der Waals surface area (Å²) in [5.41, 5.74) is 8.55. The average Bonchev–Trinajstić information content (AvgIpc) is 2.61. The van der Waals surface area contributed by atoms with Crippen LogP contribution in [-0.2, 0) is 20.0 Å². The van der Waals surface area contributed by atoms with E-state index in [9.17, 15) is 0 Å². The van der Waals surface area contributed by atoms with E-state index < -0.39 is 0 Å². The van der Waals surface area contributed by atoms with Crippen LogP contribution in [-0.4, -0.2) is 33.8 Å². The number of likely N-dealkylation sites (tertiary alicyclic amines) is 1. The fraction of sp³-hybridized carbons (Fsp3) is 0.769. The predicted octanol–water partition coefficient (Wildman–Crippen LogP) is 1.91. The summed E-state index contributed by atoms with van der Waals surface area (Å²) >= 11 is 3.67. The van der Waals surface area contributed by atoms with E-state index in [2.05, 4.69) is 39.8 Å². The summed E-state index contributed by atoms with van der Waals surface area (Å²) in [6.45, 7) is 7.44. The summed E-state index contributed by atoms with van der Waals surface area (Å²) in [5.74, 6) is 0.641. The van der Waals surface area contributed by atoms with Gasteiger partial charge in [0.2, 0.25) is 0 Å². The van der Waals surface area contributed by atoms with Gasteiger partial charge in [0, 0.05) is 26.2 Å². The van der Waals surface area contributed by atoms with Crippen LogP contribution in [0.5, 0.6) is 0 Å². The summed E-state index contributed by atoms with van der Waals surface area (Å²) in [5, 5.41) is 4.54. The largest absolute Gasteiger partial charge is 0.326 e. The monoisotopic (exact) mass is 314 g/mol. The van der Waals surface area contributed by atoms with Gasteiger partial charge < -0.3 is 5.73 Å². The van der Waals surface area contributed by atoms with Crippen molar-refractivity contribution in [1.82, 2.24) is 14.7 Å². The zero-order valence-electron chi connectivity index (χ0n) is 11.5. The Labute approximate surface area is 118 Å². The van der Waals surface area contributed by atoms with Crippen molar-refractivity contribution in [1.29, 1.82) is 0 Å². The number of rotatable bonds is 3. The van der Waals surface area contributed by atoms with Gasteiger partial charge in [0.15, 0.2) is 0 Å². The van der Waals surface area contributed by atoms with Gasteiger partial charge in [-0.1, -0.05) is 13.8 Å². The first-order valence-electron chi connectivity index (χ1n) is 6.71. The van der Waals surface area contributed by atoms with Crippen molar-refractivity contribution in [2.24, 2.45) is 18.7 Å². The van der Waals surface area contributed by atoms with Crippen LogP contribution in [0.2, 0.25) is 0 Å².